The number of ether oxygens (including phenoxy) is 2. The Morgan fingerprint density at radius 2 is 1.80 bits per heavy atom. The highest BCUT2D eigenvalue weighted by atomic mass is 35.5. The SMILES string of the molecule is CC(C)Oc1cc(-c2cc3cc(CN4CCN(CCO)CC4)ccc3n2C(=O)OC(C)(C)C)c2c(c1Cl)CNC2=O. The molecule has 1 aromatic heterocycles. The Bertz CT molecular complexity index is 1470. The maximum Gasteiger partial charge on any atom is 0.419 e. The Balaban J connectivity index is 1.60. The highest BCUT2D eigenvalue weighted by Crippen LogP contribution is 2.42. The van der Waals surface area contributed by atoms with Crippen molar-refractivity contribution >= 4 is 34.5 Å². The molecule has 0 aliphatic carbocycles. The summed E-state index contributed by atoms with van der Waals surface area (Å²) in [6, 6.07) is 9.78. The molecule has 1 fully saturated rings. The molecule has 3 aromatic rings. The van der Waals surface area contributed by atoms with Crippen molar-refractivity contribution in [1.29, 1.82) is 0 Å². The second kappa shape index (κ2) is 11.6. The van der Waals surface area contributed by atoms with Crippen molar-refractivity contribution in [3.05, 3.63) is 52.0 Å². The number of amides is 1. The summed E-state index contributed by atoms with van der Waals surface area (Å²) in [7, 11) is 0. The van der Waals surface area contributed by atoms with Gasteiger partial charge in [-0.1, -0.05) is 17.7 Å². The number of β-amino-alcohol motifs (C(OH)–C–C–N with tert-alkyl or cyclic N) is 1. The van der Waals surface area contributed by atoms with E-state index >= 15 is 0 Å². The van der Waals surface area contributed by atoms with Crippen molar-refractivity contribution in [1.82, 2.24) is 19.7 Å². The van der Waals surface area contributed by atoms with Crippen LogP contribution in [-0.2, 0) is 17.8 Å². The van der Waals surface area contributed by atoms with Gasteiger partial charge >= 0.3 is 6.09 Å². The number of carbonyl (C=O) groups is 2. The fraction of sp³-hybridized carbons (Fsp3) is 0.484. The molecule has 5 rings (SSSR count). The molecule has 0 saturated carbocycles. The summed E-state index contributed by atoms with van der Waals surface area (Å²) in [5.41, 5.74) is 3.32. The van der Waals surface area contributed by atoms with E-state index in [1.165, 1.54) is 0 Å². The minimum atomic E-state index is -0.714. The molecule has 0 radical (unpaired) electrons. The van der Waals surface area contributed by atoms with Gasteiger partial charge < -0.3 is 19.9 Å². The van der Waals surface area contributed by atoms with E-state index in [0.717, 1.165) is 43.7 Å². The molecule has 0 atom stereocenters. The predicted molar refractivity (Wildman–Crippen MR) is 160 cm³/mol. The van der Waals surface area contributed by atoms with E-state index in [1.807, 2.05) is 52.8 Å². The number of halogens is 1. The van der Waals surface area contributed by atoms with Crippen LogP contribution in [0.4, 0.5) is 4.79 Å². The lowest BCUT2D eigenvalue weighted by Gasteiger charge is -2.34. The third-order valence-corrected chi connectivity index (χ3v) is 7.76. The topological polar surface area (TPSA) is 96.3 Å². The monoisotopic (exact) mass is 582 g/mol. The largest absolute Gasteiger partial charge is 0.489 e. The van der Waals surface area contributed by atoms with Crippen molar-refractivity contribution in [3.63, 3.8) is 0 Å². The normalized spacial score (nSPS) is 16.3. The van der Waals surface area contributed by atoms with Gasteiger partial charge in [-0.25, -0.2) is 9.36 Å². The van der Waals surface area contributed by atoms with Crippen LogP contribution < -0.4 is 10.1 Å². The molecule has 0 spiro atoms. The number of aliphatic hydroxyl groups is 1. The van der Waals surface area contributed by atoms with Gasteiger partial charge in [0.1, 0.15) is 11.4 Å². The van der Waals surface area contributed by atoms with Gasteiger partial charge in [0.25, 0.3) is 5.91 Å². The van der Waals surface area contributed by atoms with Crippen LogP contribution in [0, 0.1) is 0 Å². The van der Waals surface area contributed by atoms with Crippen molar-refractivity contribution in [2.24, 2.45) is 0 Å². The van der Waals surface area contributed by atoms with Crippen molar-refractivity contribution in [3.8, 4) is 17.0 Å². The van der Waals surface area contributed by atoms with Gasteiger partial charge in [0, 0.05) is 62.3 Å². The van der Waals surface area contributed by atoms with Gasteiger partial charge in [0.05, 0.1) is 34.5 Å². The van der Waals surface area contributed by atoms with Gasteiger partial charge in [-0.2, -0.15) is 0 Å². The number of hydrogen-bond donors (Lipinski definition) is 2. The summed E-state index contributed by atoms with van der Waals surface area (Å²) in [4.78, 5) is 31.4. The number of piperazine rings is 1. The van der Waals surface area contributed by atoms with Gasteiger partial charge in [-0.05, 0) is 64.4 Å². The number of benzene rings is 2. The van der Waals surface area contributed by atoms with E-state index in [0.29, 0.717) is 45.2 Å². The number of fused-ring (bicyclic) bond motifs is 2. The average molecular weight is 583 g/mol. The molecule has 2 aromatic carbocycles. The van der Waals surface area contributed by atoms with Gasteiger partial charge in [0.2, 0.25) is 0 Å². The maximum atomic E-state index is 13.7. The fourth-order valence-electron chi connectivity index (χ4n) is 5.55. The standard InChI is InChI=1S/C31H39ClN4O5/c1-19(2)40-26-16-22(27-23(28(26)32)17-33-29(27)38)25-15-21-14-20(18-35-10-8-34(9-11-35)12-13-37)6-7-24(21)36(25)30(39)41-31(3,4)5/h6-7,14-16,19,37H,8-13,17-18H2,1-5H3,(H,33,38). The lowest BCUT2D eigenvalue weighted by Crippen LogP contribution is -2.46. The Labute approximate surface area is 245 Å². The Morgan fingerprint density at radius 3 is 2.46 bits per heavy atom. The van der Waals surface area contributed by atoms with Crippen LogP contribution in [0.15, 0.2) is 30.3 Å². The second-order valence-corrected chi connectivity index (χ2v) is 12.4. The third-order valence-electron chi connectivity index (χ3n) is 7.35. The van der Waals surface area contributed by atoms with Crippen molar-refractivity contribution < 1.29 is 24.2 Å². The zero-order valence-corrected chi connectivity index (χ0v) is 25.2. The van der Waals surface area contributed by atoms with Crippen LogP contribution in [-0.4, -0.2) is 82.5 Å². The number of hydrogen-bond acceptors (Lipinski definition) is 7. The minimum Gasteiger partial charge on any atom is -0.489 e. The highest BCUT2D eigenvalue weighted by molar-refractivity contribution is 6.34. The summed E-state index contributed by atoms with van der Waals surface area (Å²) in [6.07, 6.45) is -0.656. The first kappa shape index (κ1) is 29.4. The molecule has 2 N–H and O–H groups in total. The van der Waals surface area contributed by atoms with Crippen molar-refractivity contribution in [2.45, 2.75) is 59.4 Å². The van der Waals surface area contributed by atoms with Gasteiger partial charge in [-0.3, -0.25) is 14.6 Å². The number of nitrogens with one attached hydrogen (secondary N) is 1. The molecule has 0 unspecified atom stereocenters. The summed E-state index contributed by atoms with van der Waals surface area (Å²) >= 11 is 6.70. The lowest BCUT2D eigenvalue weighted by atomic mass is 9.99. The van der Waals surface area contributed by atoms with Gasteiger partial charge in [-0.15, -0.1) is 0 Å². The van der Waals surface area contributed by atoms with E-state index in [9.17, 15) is 14.7 Å². The molecular weight excluding hydrogens is 544 g/mol. The Hall–Kier alpha value is -3.11. The Morgan fingerprint density at radius 1 is 1.10 bits per heavy atom. The molecule has 41 heavy (non-hydrogen) atoms. The van der Waals surface area contributed by atoms with Crippen LogP contribution in [0.2, 0.25) is 5.02 Å². The zero-order chi connectivity index (χ0) is 29.5. The summed E-state index contributed by atoms with van der Waals surface area (Å²) in [5, 5.41) is 13.4. The predicted octanol–water partition coefficient (Wildman–Crippen LogP) is 4.89. The fourth-order valence-corrected chi connectivity index (χ4v) is 5.81. The van der Waals surface area contributed by atoms with E-state index in [2.05, 4.69) is 21.2 Å². The quantitative estimate of drug-likeness (QED) is 0.410. The van der Waals surface area contributed by atoms with Crippen LogP contribution in [0.3, 0.4) is 0 Å². The number of nitrogens with zero attached hydrogens (tertiary/aromatic N) is 3. The van der Waals surface area contributed by atoms with E-state index in [-0.39, 0.29) is 25.2 Å². The summed E-state index contributed by atoms with van der Waals surface area (Å²) in [5.74, 6) is 0.226. The lowest BCUT2D eigenvalue weighted by molar-refractivity contribution is 0.0546. The molecule has 3 heterocycles. The smallest absolute Gasteiger partial charge is 0.419 e. The van der Waals surface area contributed by atoms with Crippen LogP contribution >= 0.6 is 11.6 Å². The number of rotatable bonds is 7. The first-order valence-corrected chi connectivity index (χ1v) is 14.6. The van der Waals surface area contributed by atoms with Crippen molar-refractivity contribution in [2.75, 3.05) is 39.3 Å². The van der Waals surface area contributed by atoms with Gasteiger partial charge in [0.15, 0.2) is 0 Å². The molecule has 1 saturated heterocycles. The van der Waals surface area contributed by atoms with Crippen LogP contribution in [0.25, 0.3) is 22.2 Å². The van der Waals surface area contributed by atoms with Crippen LogP contribution in [0.5, 0.6) is 5.75 Å². The zero-order valence-electron chi connectivity index (χ0n) is 24.4. The highest BCUT2D eigenvalue weighted by Gasteiger charge is 2.32. The van der Waals surface area contributed by atoms with E-state index in [1.54, 1.807) is 10.6 Å². The van der Waals surface area contributed by atoms with E-state index in [4.69, 9.17) is 21.1 Å². The molecule has 2 aliphatic heterocycles. The third kappa shape index (κ3) is 6.23. The second-order valence-electron chi connectivity index (χ2n) is 12.0. The molecular formula is C31H39ClN4O5. The van der Waals surface area contributed by atoms with Crippen LogP contribution in [0.1, 0.15) is 56.1 Å². The molecule has 2 aliphatic rings. The van der Waals surface area contributed by atoms with E-state index < -0.39 is 11.7 Å². The number of aliphatic hydroxyl groups excluding tert-OH is 1. The number of aromatic nitrogens is 1. The molecule has 220 valence electrons. The first-order chi connectivity index (χ1) is 19.4. The Kier molecular flexibility index (Phi) is 8.34. The molecule has 0 bridgehead atoms. The first-order valence-electron chi connectivity index (χ1n) is 14.2. The number of carbonyl (C=O) groups excluding carboxylic acids is 2. The average Bonchev–Trinajstić information content (AvgIpc) is 3.47. The summed E-state index contributed by atoms with van der Waals surface area (Å²) < 4.78 is 13.4. The maximum absolute atomic E-state index is 13.7. The molecule has 9 nitrogen and oxygen atoms in total. The summed E-state index contributed by atoms with van der Waals surface area (Å²) in [6.45, 7) is 15.0. The minimum absolute atomic E-state index is 0.131. The molecule has 1 amide bonds. The molecule has 10 heteroatoms.